The van der Waals surface area contributed by atoms with Gasteiger partial charge in [-0.15, -0.1) is 0 Å². The van der Waals surface area contributed by atoms with E-state index in [9.17, 15) is 4.79 Å². The first-order chi connectivity index (χ1) is 12.3. The molecule has 1 aromatic heterocycles. The molecule has 4 heteroatoms. The number of carbonyl (C=O) groups is 1. The highest BCUT2D eigenvalue weighted by molar-refractivity contribution is 5.81. The molecule has 0 radical (unpaired) electrons. The molecule has 0 saturated heterocycles. The van der Waals surface area contributed by atoms with Crippen molar-refractivity contribution in [1.29, 1.82) is 0 Å². The Labute approximate surface area is 153 Å². The van der Waals surface area contributed by atoms with Gasteiger partial charge in [0.1, 0.15) is 11.6 Å². The quantitative estimate of drug-likeness (QED) is 0.669. The topological polar surface area (TPSA) is 55.0 Å². The first-order valence-corrected chi connectivity index (χ1v) is 9.06. The summed E-state index contributed by atoms with van der Waals surface area (Å²) in [4.78, 5) is 18.6. The molecule has 3 aromatic rings. The molecule has 0 unspecified atom stereocenters. The number of benzene rings is 2. The number of nitrogens with one attached hydrogen (secondary N) is 1. The largest absolute Gasteiger partial charge is 0.429 e. The molecule has 1 aliphatic carbocycles. The minimum atomic E-state index is 0.165. The summed E-state index contributed by atoms with van der Waals surface area (Å²) in [7, 11) is 0. The summed E-state index contributed by atoms with van der Waals surface area (Å²) in [6.07, 6.45) is 2.39. The Morgan fingerprint density at radius 3 is 2.46 bits per heavy atom. The van der Waals surface area contributed by atoms with E-state index in [1.807, 2.05) is 6.07 Å². The third-order valence-electron chi connectivity index (χ3n) is 5.76. The monoisotopic (exact) mass is 348 g/mol. The predicted octanol–water partition coefficient (Wildman–Crippen LogP) is 5.11. The first-order valence-electron chi connectivity index (χ1n) is 9.06. The molecular formula is C22H24N2O2. The first kappa shape index (κ1) is 16.8. The summed E-state index contributed by atoms with van der Waals surface area (Å²) in [5.41, 5.74) is 6.03. The van der Waals surface area contributed by atoms with Gasteiger partial charge in [-0.05, 0) is 53.0 Å². The summed E-state index contributed by atoms with van der Waals surface area (Å²) in [6.45, 7) is 9.75. The van der Waals surface area contributed by atoms with Crippen LogP contribution in [0.4, 0.5) is 0 Å². The van der Waals surface area contributed by atoms with Crippen molar-refractivity contribution < 1.29 is 9.53 Å². The van der Waals surface area contributed by atoms with Crippen LogP contribution in [-0.4, -0.2) is 16.4 Å². The van der Waals surface area contributed by atoms with E-state index in [4.69, 9.17) is 9.72 Å². The Balaban J connectivity index is 1.81. The molecule has 1 heterocycles. The van der Waals surface area contributed by atoms with Gasteiger partial charge in [0.05, 0.1) is 11.0 Å². The van der Waals surface area contributed by atoms with Gasteiger partial charge in [-0.1, -0.05) is 39.8 Å². The van der Waals surface area contributed by atoms with Crippen molar-refractivity contribution in [3.63, 3.8) is 0 Å². The van der Waals surface area contributed by atoms with E-state index in [-0.39, 0.29) is 10.8 Å². The van der Waals surface area contributed by atoms with Gasteiger partial charge >= 0.3 is 0 Å². The van der Waals surface area contributed by atoms with Crippen LogP contribution in [0.5, 0.6) is 5.75 Å². The molecule has 0 bridgehead atoms. The third-order valence-corrected chi connectivity index (χ3v) is 5.76. The van der Waals surface area contributed by atoms with Crippen LogP contribution in [0, 0.1) is 0 Å². The molecule has 0 spiro atoms. The van der Waals surface area contributed by atoms with Crippen LogP contribution < -0.4 is 4.74 Å². The van der Waals surface area contributed by atoms with Gasteiger partial charge in [-0.2, -0.15) is 0 Å². The normalized spacial score (nSPS) is 17.7. The highest BCUT2D eigenvalue weighted by Gasteiger charge is 2.37. The van der Waals surface area contributed by atoms with Crippen LogP contribution in [0.15, 0.2) is 36.4 Å². The van der Waals surface area contributed by atoms with Gasteiger partial charge in [0.15, 0.2) is 0 Å². The number of carbonyl (C=O) groups excluding carboxylic acids is 1. The van der Waals surface area contributed by atoms with Crippen molar-refractivity contribution >= 4 is 17.5 Å². The van der Waals surface area contributed by atoms with Crippen molar-refractivity contribution in [1.82, 2.24) is 9.97 Å². The maximum atomic E-state index is 10.5. The fourth-order valence-corrected chi connectivity index (χ4v) is 3.99. The van der Waals surface area contributed by atoms with E-state index >= 15 is 0 Å². The van der Waals surface area contributed by atoms with Crippen LogP contribution >= 0.6 is 0 Å². The van der Waals surface area contributed by atoms with Gasteiger partial charge in [-0.3, -0.25) is 4.79 Å². The molecule has 0 amide bonds. The van der Waals surface area contributed by atoms with E-state index in [1.54, 1.807) is 12.1 Å². The summed E-state index contributed by atoms with van der Waals surface area (Å²) < 4.78 is 4.93. The lowest BCUT2D eigenvalue weighted by Gasteiger charge is -2.42. The lowest BCUT2D eigenvalue weighted by Crippen LogP contribution is -2.33. The minimum Gasteiger partial charge on any atom is -0.429 e. The average Bonchev–Trinajstić information content (AvgIpc) is 3.02. The molecular weight excluding hydrogens is 324 g/mol. The fourth-order valence-electron chi connectivity index (χ4n) is 3.99. The van der Waals surface area contributed by atoms with E-state index in [0.717, 1.165) is 22.4 Å². The Hall–Kier alpha value is -2.62. The Bertz CT molecular complexity index is 999. The van der Waals surface area contributed by atoms with Gasteiger partial charge in [0.25, 0.3) is 6.47 Å². The maximum Gasteiger partial charge on any atom is 0.298 e. The van der Waals surface area contributed by atoms with Crippen molar-refractivity contribution in [2.24, 2.45) is 0 Å². The Kier molecular flexibility index (Phi) is 3.69. The standard InChI is InChI=1S/C22H24N2O2/c1-21(2)9-10-22(3,4)17-11-14(5-7-16(17)21)20-23-18-8-6-15(26-13-25)12-19(18)24-20/h5-8,11-13H,9-10H2,1-4H3,(H,23,24). The summed E-state index contributed by atoms with van der Waals surface area (Å²) in [5, 5.41) is 0. The van der Waals surface area contributed by atoms with Gasteiger partial charge < -0.3 is 9.72 Å². The molecule has 1 aliphatic rings. The second-order valence-corrected chi connectivity index (χ2v) is 8.51. The third kappa shape index (κ3) is 2.70. The van der Waals surface area contributed by atoms with Crippen LogP contribution in [0.2, 0.25) is 0 Å². The highest BCUT2D eigenvalue weighted by Crippen LogP contribution is 2.46. The predicted molar refractivity (Wildman–Crippen MR) is 104 cm³/mol. The second-order valence-electron chi connectivity index (χ2n) is 8.51. The SMILES string of the molecule is CC1(C)CCC(C)(C)c2cc(-c3nc4ccc(OC=O)cc4[nH]3)ccc21. The lowest BCUT2D eigenvalue weighted by molar-refractivity contribution is -0.120. The second kappa shape index (κ2) is 5.70. The number of hydrogen-bond donors (Lipinski definition) is 1. The molecule has 0 atom stereocenters. The number of aromatic nitrogens is 2. The molecule has 0 fully saturated rings. The van der Waals surface area contributed by atoms with Crippen LogP contribution in [0.3, 0.4) is 0 Å². The molecule has 1 N–H and O–H groups in total. The number of imidazole rings is 1. The summed E-state index contributed by atoms with van der Waals surface area (Å²) in [6, 6.07) is 12.1. The lowest BCUT2D eigenvalue weighted by atomic mass is 9.63. The molecule has 4 rings (SSSR count). The Morgan fingerprint density at radius 1 is 1.00 bits per heavy atom. The van der Waals surface area contributed by atoms with Gasteiger partial charge in [0, 0.05) is 11.6 Å². The molecule has 134 valence electrons. The van der Waals surface area contributed by atoms with E-state index in [1.165, 1.54) is 24.0 Å². The molecule has 4 nitrogen and oxygen atoms in total. The number of H-pyrrole nitrogens is 1. The van der Waals surface area contributed by atoms with Gasteiger partial charge in [-0.25, -0.2) is 4.98 Å². The average molecular weight is 348 g/mol. The molecule has 26 heavy (non-hydrogen) atoms. The van der Waals surface area contributed by atoms with Crippen molar-refractivity contribution in [3.8, 4) is 17.1 Å². The summed E-state index contributed by atoms with van der Waals surface area (Å²) in [5.74, 6) is 1.35. The molecule has 0 aliphatic heterocycles. The van der Waals surface area contributed by atoms with Crippen molar-refractivity contribution in [2.45, 2.75) is 51.4 Å². The smallest absolute Gasteiger partial charge is 0.298 e. The number of nitrogens with zero attached hydrogens (tertiary/aromatic N) is 1. The van der Waals surface area contributed by atoms with Crippen LogP contribution in [0.25, 0.3) is 22.4 Å². The van der Waals surface area contributed by atoms with Crippen LogP contribution in [-0.2, 0) is 15.6 Å². The van der Waals surface area contributed by atoms with E-state index in [0.29, 0.717) is 12.2 Å². The van der Waals surface area contributed by atoms with Crippen molar-refractivity contribution in [3.05, 3.63) is 47.5 Å². The van der Waals surface area contributed by atoms with Crippen molar-refractivity contribution in [2.75, 3.05) is 0 Å². The number of ether oxygens (including phenoxy) is 1. The number of hydrogen-bond acceptors (Lipinski definition) is 3. The maximum absolute atomic E-state index is 10.5. The van der Waals surface area contributed by atoms with Crippen LogP contribution in [0.1, 0.15) is 51.7 Å². The zero-order valence-corrected chi connectivity index (χ0v) is 15.7. The zero-order valence-electron chi connectivity index (χ0n) is 15.7. The Morgan fingerprint density at radius 2 is 1.73 bits per heavy atom. The van der Waals surface area contributed by atoms with E-state index in [2.05, 4.69) is 50.9 Å². The number of fused-ring (bicyclic) bond motifs is 2. The number of aromatic amines is 1. The molecule has 2 aromatic carbocycles. The summed E-state index contributed by atoms with van der Waals surface area (Å²) >= 11 is 0. The zero-order chi connectivity index (χ0) is 18.5. The van der Waals surface area contributed by atoms with Gasteiger partial charge in [0.2, 0.25) is 0 Å². The van der Waals surface area contributed by atoms with E-state index < -0.39 is 0 Å². The fraction of sp³-hybridized carbons (Fsp3) is 0.364. The highest BCUT2D eigenvalue weighted by atomic mass is 16.5. The molecule has 0 saturated carbocycles. The minimum absolute atomic E-state index is 0.165. The number of rotatable bonds is 3.